The van der Waals surface area contributed by atoms with Crippen molar-refractivity contribution in [3.8, 4) is 0 Å². The van der Waals surface area contributed by atoms with Crippen LogP contribution in [0.1, 0.15) is 31.4 Å². The van der Waals surface area contributed by atoms with E-state index < -0.39 is 10.0 Å². The van der Waals surface area contributed by atoms with Gasteiger partial charge in [-0.3, -0.25) is 0 Å². The SMILES string of the molecule is Cc1cccc(CS(=O)(=O)N2CCC(N)C(C)(C)C2)c1. The van der Waals surface area contributed by atoms with Gasteiger partial charge in [0, 0.05) is 19.1 Å². The summed E-state index contributed by atoms with van der Waals surface area (Å²) in [5.41, 5.74) is 7.83. The van der Waals surface area contributed by atoms with Gasteiger partial charge in [0.1, 0.15) is 0 Å². The van der Waals surface area contributed by atoms with Crippen LogP contribution in [0.2, 0.25) is 0 Å². The summed E-state index contributed by atoms with van der Waals surface area (Å²) < 4.78 is 26.7. The van der Waals surface area contributed by atoms with E-state index in [0.717, 1.165) is 17.5 Å². The summed E-state index contributed by atoms with van der Waals surface area (Å²) in [5, 5.41) is 0. The van der Waals surface area contributed by atoms with Crippen LogP contribution in [0, 0.1) is 12.3 Å². The van der Waals surface area contributed by atoms with Crippen LogP contribution in [-0.4, -0.2) is 31.9 Å². The molecule has 112 valence electrons. The molecule has 4 nitrogen and oxygen atoms in total. The van der Waals surface area contributed by atoms with Gasteiger partial charge < -0.3 is 5.73 Å². The first-order chi connectivity index (χ1) is 9.21. The van der Waals surface area contributed by atoms with Gasteiger partial charge in [0.15, 0.2) is 0 Å². The Labute approximate surface area is 122 Å². The topological polar surface area (TPSA) is 63.4 Å². The van der Waals surface area contributed by atoms with E-state index >= 15 is 0 Å². The van der Waals surface area contributed by atoms with Crippen LogP contribution in [0.15, 0.2) is 24.3 Å². The maximum atomic E-state index is 12.5. The lowest BCUT2D eigenvalue weighted by atomic mass is 9.81. The van der Waals surface area contributed by atoms with Crippen LogP contribution in [0.25, 0.3) is 0 Å². The van der Waals surface area contributed by atoms with E-state index in [2.05, 4.69) is 0 Å². The molecule has 20 heavy (non-hydrogen) atoms. The second kappa shape index (κ2) is 5.47. The van der Waals surface area contributed by atoms with Gasteiger partial charge in [0.05, 0.1) is 5.75 Å². The lowest BCUT2D eigenvalue weighted by Crippen LogP contribution is -2.54. The highest BCUT2D eigenvalue weighted by molar-refractivity contribution is 7.88. The van der Waals surface area contributed by atoms with Crippen molar-refractivity contribution < 1.29 is 8.42 Å². The summed E-state index contributed by atoms with van der Waals surface area (Å²) in [6.45, 7) is 7.07. The molecule has 1 atom stereocenters. The molecule has 0 aliphatic carbocycles. The lowest BCUT2D eigenvalue weighted by Gasteiger charge is -2.41. The molecular weight excluding hydrogens is 272 g/mol. The molecule has 1 heterocycles. The van der Waals surface area contributed by atoms with Crippen molar-refractivity contribution in [1.82, 2.24) is 4.31 Å². The van der Waals surface area contributed by atoms with Crippen molar-refractivity contribution in [2.24, 2.45) is 11.1 Å². The fourth-order valence-electron chi connectivity index (χ4n) is 2.67. The number of benzene rings is 1. The lowest BCUT2D eigenvalue weighted by molar-refractivity contribution is 0.155. The van der Waals surface area contributed by atoms with Gasteiger partial charge in [0.2, 0.25) is 10.0 Å². The third-order valence-electron chi connectivity index (χ3n) is 4.10. The number of aryl methyl sites for hydroxylation is 1. The van der Waals surface area contributed by atoms with Gasteiger partial charge in [-0.25, -0.2) is 12.7 Å². The molecule has 1 aromatic carbocycles. The van der Waals surface area contributed by atoms with Gasteiger partial charge >= 0.3 is 0 Å². The fourth-order valence-corrected chi connectivity index (χ4v) is 4.36. The van der Waals surface area contributed by atoms with E-state index in [1.807, 2.05) is 45.0 Å². The second-order valence-corrected chi connectivity index (χ2v) is 8.43. The van der Waals surface area contributed by atoms with Crippen LogP contribution >= 0.6 is 0 Å². The van der Waals surface area contributed by atoms with E-state index in [0.29, 0.717) is 13.1 Å². The van der Waals surface area contributed by atoms with Crippen LogP contribution in [-0.2, 0) is 15.8 Å². The molecule has 0 saturated carbocycles. The molecule has 2 N–H and O–H groups in total. The van der Waals surface area contributed by atoms with Gasteiger partial charge in [-0.15, -0.1) is 0 Å². The molecular formula is C15H24N2O2S. The molecule has 0 bridgehead atoms. The molecule has 1 fully saturated rings. The Morgan fingerprint density at radius 3 is 2.70 bits per heavy atom. The first-order valence-electron chi connectivity index (χ1n) is 7.00. The number of hydrogen-bond donors (Lipinski definition) is 1. The van der Waals surface area contributed by atoms with Crippen molar-refractivity contribution in [3.05, 3.63) is 35.4 Å². The summed E-state index contributed by atoms with van der Waals surface area (Å²) in [6, 6.07) is 7.73. The van der Waals surface area contributed by atoms with E-state index in [4.69, 9.17) is 5.73 Å². The minimum Gasteiger partial charge on any atom is -0.327 e. The van der Waals surface area contributed by atoms with Crippen molar-refractivity contribution in [3.63, 3.8) is 0 Å². The standard InChI is InChI=1S/C15H24N2O2S/c1-12-5-4-6-13(9-12)10-20(18,19)17-8-7-14(16)15(2,3)11-17/h4-6,9,14H,7-8,10-11,16H2,1-3H3. The quantitative estimate of drug-likeness (QED) is 0.926. The molecule has 0 spiro atoms. The zero-order valence-electron chi connectivity index (χ0n) is 12.5. The number of sulfonamides is 1. The molecule has 0 radical (unpaired) electrons. The first-order valence-corrected chi connectivity index (χ1v) is 8.60. The van der Waals surface area contributed by atoms with Crippen LogP contribution in [0.5, 0.6) is 0 Å². The molecule has 1 unspecified atom stereocenters. The molecule has 5 heteroatoms. The van der Waals surface area contributed by atoms with E-state index in [1.54, 1.807) is 4.31 Å². The Kier molecular flexibility index (Phi) is 4.23. The maximum absolute atomic E-state index is 12.5. The Balaban J connectivity index is 2.15. The Morgan fingerprint density at radius 2 is 2.10 bits per heavy atom. The highest BCUT2D eigenvalue weighted by Crippen LogP contribution is 2.30. The van der Waals surface area contributed by atoms with E-state index in [-0.39, 0.29) is 17.2 Å². The van der Waals surface area contributed by atoms with E-state index in [9.17, 15) is 8.42 Å². The largest absolute Gasteiger partial charge is 0.327 e. The molecule has 2 rings (SSSR count). The van der Waals surface area contributed by atoms with Crippen LogP contribution in [0.4, 0.5) is 0 Å². The smallest absolute Gasteiger partial charge is 0.218 e. The summed E-state index contributed by atoms with van der Waals surface area (Å²) in [7, 11) is -3.27. The number of nitrogens with zero attached hydrogens (tertiary/aromatic N) is 1. The van der Waals surface area contributed by atoms with Crippen molar-refractivity contribution in [2.45, 2.75) is 39.0 Å². The van der Waals surface area contributed by atoms with Crippen molar-refractivity contribution in [1.29, 1.82) is 0 Å². The highest BCUT2D eigenvalue weighted by atomic mass is 32.2. The Hall–Kier alpha value is -0.910. The minimum absolute atomic E-state index is 0.0629. The zero-order chi connectivity index (χ0) is 15.0. The predicted octanol–water partition coefficient (Wildman–Crippen LogP) is 1.88. The van der Waals surface area contributed by atoms with Crippen molar-refractivity contribution >= 4 is 10.0 Å². The molecule has 1 saturated heterocycles. The minimum atomic E-state index is -3.27. The summed E-state index contributed by atoms with van der Waals surface area (Å²) in [5.74, 6) is 0.0694. The zero-order valence-corrected chi connectivity index (χ0v) is 13.3. The molecule has 1 aliphatic rings. The van der Waals surface area contributed by atoms with Crippen LogP contribution in [0.3, 0.4) is 0 Å². The number of piperidine rings is 1. The molecule has 0 amide bonds. The van der Waals surface area contributed by atoms with Gasteiger partial charge in [-0.05, 0) is 24.3 Å². The number of nitrogens with two attached hydrogens (primary N) is 1. The molecule has 0 aromatic heterocycles. The molecule has 1 aliphatic heterocycles. The summed E-state index contributed by atoms with van der Waals surface area (Å²) in [6.07, 6.45) is 0.722. The number of rotatable bonds is 3. The molecule has 1 aromatic rings. The van der Waals surface area contributed by atoms with Gasteiger partial charge in [-0.1, -0.05) is 43.7 Å². The summed E-state index contributed by atoms with van der Waals surface area (Å²) in [4.78, 5) is 0. The third-order valence-corrected chi connectivity index (χ3v) is 5.90. The van der Waals surface area contributed by atoms with Gasteiger partial charge in [0.25, 0.3) is 0 Å². The Bertz CT molecular complexity index is 581. The normalized spacial score (nSPS) is 23.7. The maximum Gasteiger partial charge on any atom is 0.218 e. The van der Waals surface area contributed by atoms with E-state index in [1.165, 1.54) is 0 Å². The predicted molar refractivity (Wildman–Crippen MR) is 81.7 cm³/mol. The highest BCUT2D eigenvalue weighted by Gasteiger charge is 2.38. The van der Waals surface area contributed by atoms with Crippen molar-refractivity contribution in [2.75, 3.05) is 13.1 Å². The second-order valence-electron chi connectivity index (χ2n) is 6.46. The number of hydrogen-bond acceptors (Lipinski definition) is 3. The van der Waals surface area contributed by atoms with Crippen LogP contribution < -0.4 is 5.73 Å². The van der Waals surface area contributed by atoms with Gasteiger partial charge in [-0.2, -0.15) is 0 Å². The Morgan fingerprint density at radius 1 is 1.40 bits per heavy atom. The first kappa shape index (κ1) is 15.5. The monoisotopic (exact) mass is 296 g/mol. The third kappa shape index (κ3) is 3.40. The fraction of sp³-hybridized carbons (Fsp3) is 0.600. The average molecular weight is 296 g/mol. The summed E-state index contributed by atoms with van der Waals surface area (Å²) >= 11 is 0. The average Bonchev–Trinajstić information content (AvgIpc) is 2.32.